The average molecular weight is 741 g/mol. The van der Waals surface area contributed by atoms with Crippen LogP contribution in [-0.4, -0.2) is 62.4 Å². The lowest BCUT2D eigenvalue weighted by molar-refractivity contribution is -0.519. The second kappa shape index (κ2) is 16.7. The Morgan fingerprint density at radius 2 is 0.923 bits per heavy atom. The summed E-state index contributed by atoms with van der Waals surface area (Å²) in [6.45, 7) is 10.3. The molecule has 5 rings (SSSR count). The van der Waals surface area contributed by atoms with Crippen LogP contribution in [0.4, 0.5) is 11.4 Å². The molecule has 1 aliphatic rings. The lowest BCUT2D eigenvalue weighted by atomic mass is 9.90. The van der Waals surface area contributed by atoms with E-state index in [0.717, 1.165) is 41.1 Å². The predicted molar refractivity (Wildman–Crippen MR) is 211 cm³/mol. The van der Waals surface area contributed by atoms with E-state index in [9.17, 15) is 25.9 Å². The highest BCUT2D eigenvalue weighted by Gasteiger charge is 2.32. The van der Waals surface area contributed by atoms with Crippen LogP contribution in [-0.2, 0) is 20.2 Å². The predicted octanol–water partition coefficient (Wildman–Crippen LogP) is 7.93. The molecule has 9 nitrogen and oxygen atoms in total. The summed E-state index contributed by atoms with van der Waals surface area (Å²) in [7, 11) is -8.99. The zero-order chi connectivity index (χ0) is 37.5. The minimum atomic E-state index is -4.49. The van der Waals surface area contributed by atoms with E-state index in [1.54, 1.807) is 70.5 Å². The number of hydrogen-bond acceptors (Lipinski definition) is 6. The minimum Gasteiger partial charge on any atom is -0.350 e. The molecule has 0 aliphatic heterocycles. The van der Waals surface area contributed by atoms with E-state index in [4.69, 9.17) is 0 Å². The van der Waals surface area contributed by atoms with Gasteiger partial charge in [0, 0.05) is 36.6 Å². The molecule has 0 spiro atoms. The number of rotatable bonds is 14. The Morgan fingerprint density at radius 3 is 1.23 bits per heavy atom. The molecule has 0 aromatic heterocycles. The Bertz CT molecular complexity index is 2030. The maximum atomic E-state index is 12.7. The van der Waals surface area contributed by atoms with Gasteiger partial charge in [-0.3, -0.25) is 9.11 Å². The fourth-order valence-corrected chi connectivity index (χ4v) is 8.98. The van der Waals surface area contributed by atoms with Gasteiger partial charge in [-0.2, -0.15) is 16.8 Å². The van der Waals surface area contributed by atoms with Gasteiger partial charge in [-0.25, -0.2) is 4.58 Å². The molecule has 2 unspecified atom stereocenters. The molecule has 0 fully saturated rings. The van der Waals surface area contributed by atoms with Crippen LogP contribution in [0.2, 0.25) is 0 Å². The zero-order valence-corrected chi connectivity index (χ0v) is 31.5. The number of hydrogen-bond donors (Lipinski definition) is 2. The molecule has 2 N–H and O–H groups in total. The van der Waals surface area contributed by atoms with Gasteiger partial charge in [-0.1, -0.05) is 84.9 Å². The van der Waals surface area contributed by atoms with Crippen LogP contribution in [0.25, 0.3) is 5.57 Å². The fourth-order valence-electron chi connectivity index (χ4n) is 6.80. The van der Waals surface area contributed by atoms with Crippen LogP contribution in [0.5, 0.6) is 0 Å². The maximum Gasteiger partial charge on any atom is 0.290 e. The summed E-state index contributed by atoms with van der Waals surface area (Å²) < 4.78 is 73.7. The molecule has 52 heavy (non-hydrogen) atoms. The third kappa shape index (κ3) is 8.62. The molecular weight excluding hydrogens is 695 g/mol. The van der Waals surface area contributed by atoms with Crippen molar-refractivity contribution in [1.29, 1.82) is 0 Å². The SMILES string of the molecule is CCN(c1ccc(C(=C2C=CC(=[N+](CC)CC)C=C2)c2ccc(N(CC)C(c3ccccc3)S(=O)(=O)O)cc2)cc1)C(c1ccccc1)S(=O)(=O)O. The van der Waals surface area contributed by atoms with Crippen molar-refractivity contribution in [3.8, 4) is 0 Å². The highest BCUT2D eigenvalue weighted by atomic mass is 32.2. The lowest BCUT2D eigenvalue weighted by Crippen LogP contribution is -2.34. The van der Waals surface area contributed by atoms with Gasteiger partial charge in [0.05, 0.1) is 0 Å². The maximum absolute atomic E-state index is 12.7. The fraction of sp³-hybridized carbons (Fsp3) is 0.244. The Hall–Kier alpha value is -4.81. The molecule has 1 aliphatic carbocycles. The van der Waals surface area contributed by atoms with E-state index >= 15 is 0 Å². The summed E-state index contributed by atoms with van der Waals surface area (Å²) in [6, 6.07) is 32.5. The first-order valence-corrected chi connectivity index (χ1v) is 20.4. The Kier molecular flexibility index (Phi) is 12.3. The monoisotopic (exact) mass is 740 g/mol. The van der Waals surface area contributed by atoms with Crippen molar-refractivity contribution in [1.82, 2.24) is 0 Å². The molecule has 0 amide bonds. The van der Waals surface area contributed by atoms with Crippen molar-refractivity contribution in [2.24, 2.45) is 0 Å². The average Bonchev–Trinajstić information content (AvgIpc) is 3.14. The summed E-state index contributed by atoms with van der Waals surface area (Å²) in [4.78, 5) is 3.30. The molecule has 0 saturated heterocycles. The van der Waals surface area contributed by atoms with E-state index in [1.807, 2.05) is 62.4 Å². The second-order valence-corrected chi connectivity index (χ2v) is 15.3. The first-order valence-electron chi connectivity index (χ1n) is 17.4. The van der Waals surface area contributed by atoms with Gasteiger partial charge in [0.25, 0.3) is 20.2 Å². The van der Waals surface area contributed by atoms with Crippen molar-refractivity contribution in [3.63, 3.8) is 0 Å². The summed E-state index contributed by atoms with van der Waals surface area (Å²) in [5, 5.41) is -2.56. The summed E-state index contributed by atoms with van der Waals surface area (Å²) in [6.07, 6.45) is 8.34. The van der Waals surface area contributed by atoms with Gasteiger partial charge >= 0.3 is 0 Å². The molecule has 4 aromatic carbocycles. The van der Waals surface area contributed by atoms with E-state index in [0.29, 0.717) is 35.6 Å². The quantitative estimate of drug-likeness (QED) is 0.0989. The zero-order valence-electron chi connectivity index (χ0n) is 29.9. The molecule has 0 bridgehead atoms. The minimum absolute atomic E-state index is 0.324. The van der Waals surface area contributed by atoms with Crippen molar-refractivity contribution in [2.75, 3.05) is 36.0 Å². The van der Waals surface area contributed by atoms with E-state index < -0.39 is 31.0 Å². The first kappa shape index (κ1) is 38.4. The van der Waals surface area contributed by atoms with Crippen molar-refractivity contribution in [2.45, 2.75) is 38.4 Å². The number of nitrogens with zero attached hydrogens (tertiary/aromatic N) is 3. The van der Waals surface area contributed by atoms with E-state index in [2.05, 4.69) is 42.7 Å². The number of anilines is 2. The molecule has 272 valence electrons. The van der Waals surface area contributed by atoms with Crippen LogP contribution >= 0.6 is 0 Å². The van der Waals surface area contributed by atoms with E-state index in [1.165, 1.54) is 0 Å². The number of benzene rings is 4. The second-order valence-electron chi connectivity index (χ2n) is 12.3. The molecule has 2 atom stereocenters. The Labute approximate surface area is 308 Å². The molecular formula is C41H46N3O6S2+. The van der Waals surface area contributed by atoms with Gasteiger partial charge < -0.3 is 9.80 Å². The smallest absolute Gasteiger partial charge is 0.290 e. The van der Waals surface area contributed by atoms with Gasteiger partial charge in [0.1, 0.15) is 13.1 Å². The topological polar surface area (TPSA) is 118 Å². The van der Waals surface area contributed by atoms with Crippen molar-refractivity contribution in [3.05, 3.63) is 161 Å². The third-order valence-electron chi connectivity index (χ3n) is 9.24. The molecule has 0 heterocycles. The summed E-state index contributed by atoms with van der Waals surface area (Å²) >= 11 is 0. The number of allylic oxidation sites excluding steroid dienone is 5. The third-order valence-corrected chi connectivity index (χ3v) is 11.4. The normalized spacial score (nSPS) is 14.2. The van der Waals surface area contributed by atoms with Gasteiger partial charge in [0.15, 0.2) is 16.5 Å². The highest BCUT2D eigenvalue weighted by molar-refractivity contribution is 7.86. The molecule has 0 saturated carbocycles. The summed E-state index contributed by atoms with van der Waals surface area (Å²) in [5.74, 6) is 0. The van der Waals surface area contributed by atoms with Gasteiger partial charge in [0.2, 0.25) is 0 Å². The van der Waals surface area contributed by atoms with Gasteiger partial charge in [-0.05, 0) is 97.5 Å². The molecule has 11 heteroatoms. The summed E-state index contributed by atoms with van der Waals surface area (Å²) in [5.41, 5.74) is 6.89. The Morgan fingerprint density at radius 1 is 0.558 bits per heavy atom. The molecule has 4 aromatic rings. The van der Waals surface area contributed by atoms with Crippen LogP contribution < -0.4 is 9.80 Å². The van der Waals surface area contributed by atoms with Crippen molar-refractivity contribution < 1.29 is 30.5 Å². The van der Waals surface area contributed by atoms with E-state index in [-0.39, 0.29) is 0 Å². The highest BCUT2D eigenvalue weighted by Crippen LogP contribution is 2.37. The van der Waals surface area contributed by atoms with Crippen LogP contribution in [0.15, 0.2) is 139 Å². The lowest BCUT2D eigenvalue weighted by Gasteiger charge is -2.31. The van der Waals surface area contributed by atoms with Crippen LogP contribution in [0.3, 0.4) is 0 Å². The van der Waals surface area contributed by atoms with Gasteiger partial charge in [-0.15, -0.1) is 0 Å². The largest absolute Gasteiger partial charge is 0.350 e. The Balaban J connectivity index is 1.59. The van der Waals surface area contributed by atoms with Crippen molar-refractivity contribution >= 4 is 42.9 Å². The standard InChI is InChI=1S/C41H45N3O6S2/c1-5-42(6-2)36-25-19-31(20-26-36)39(32-21-27-37(28-22-32)43(7-3)40(51(45,46)47)34-15-11-9-12-16-34)33-23-29-38(30-24-33)44(8-4)41(52(48,49)50)35-17-13-10-14-18-35/h9-30,40-41H,5-8H2,1-4H3,(H-,45,46,47,48,49,50)/p+1. The van der Waals surface area contributed by atoms with Crippen LogP contribution in [0, 0.1) is 0 Å². The molecule has 0 radical (unpaired) electrons. The van der Waals surface area contributed by atoms with Crippen LogP contribution in [0.1, 0.15) is 60.7 Å². The first-order chi connectivity index (χ1) is 24.9.